The minimum absolute atomic E-state index is 0.0292. The quantitative estimate of drug-likeness (QED) is 0.161. The number of carbonyl (C=O) groups excluding carboxylic acids is 3. The molecule has 8 nitrogen and oxygen atoms in total. The molecule has 8 heteroatoms. The van der Waals surface area contributed by atoms with Crippen molar-refractivity contribution in [1.29, 1.82) is 0 Å². The van der Waals surface area contributed by atoms with E-state index in [1.165, 1.54) is 51.4 Å². The van der Waals surface area contributed by atoms with E-state index in [0.717, 1.165) is 12.8 Å². The number of ether oxygens (including phenoxy) is 2. The molecular formula is C22H41NO7. The summed E-state index contributed by atoms with van der Waals surface area (Å²) in [7, 11) is 0. The smallest absolute Gasteiger partial charge is 0.323 e. The first-order chi connectivity index (χ1) is 14.4. The van der Waals surface area contributed by atoms with E-state index in [9.17, 15) is 14.4 Å². The van der Waals surface area contributed by atoms with Gasteiger partial charge in [-0.05, 0) is 12.8 Å². The average molecular weight is 432 g/mol. The second-order valence-corrected chi connectivity index (χ2v) is 7.74. The Balaban J connectivity index is 3.63. The van der Waals surface area contributed by atoms with Gasteiger partial charge in [-0.1, -0.05) is 71.1 Å². The Bertz CT molecular complexity index is 470. The minimum Gasteiger partial charge on any atom is -0.462 e. The molecule has 0 aliphatic carbocycles. The van der Waals surface area contributed by atoms with Crippen molar-refractivity contribution in [3.05, 3.63) is 0 Å². The molecule has 0 rings (SSSR count). The molecule has 0 fully saturated rings. The van der Waals surface area contributed by atoms with Crippen LogP contribution >= 0.6 is 0 Å². The lowest BCUT2D eigenvalue weighted by molar-refractivity contribution is -0.159. The van der Waals surface area contributed by atoms with E-state index < -0.39 is 36.7 Å². The zero-order chi connectivity index (χ0) is 22.6. The first kappa shape index (κ1) is 28.5. The minimum atomic E-state index is -1.17. The van der Waals surface area contributed by atoms with Gasteiger partial charge in [-0.2, -0.15) is 0 Å². The summed E-state index contributed by atoms with van der Waals surface area (Å²) >= 11 is 0. The Labute approximate surface area is 180 Å². The van der Waals surface area contributed by atoms with Crippen LogP contribution in [0.3, 0.4) is 0 Å². The summed E-state index contributed by atoms with van der Waals surface area (Å²) in [5.74, 6) is -2.07. The van der Waals surface area contributed by atoms with E-state index in [4.69, 9.17) is 25.4 Å². The van der Waals surface area contributed by atoms with Crippen LogP contribution in [0, 0.1) is 0 Å². The molecule has 0 bridgehead atoms. The van der Waals surface area contributed by atoms with Gasteiger partial charge in [-0.15, -0.1) is 0 Å². The monoisotopic (exact) mass is 431 g/mol. The second kappa shape index (κ2) is 19.5. The lowest BCUT2D eigenvalue weighted by atomic mass is 10.1. The molecule has 0 aliphatic heterocycles. The van der Waals surface area contributed by atoms with Crippen molar-refractivity contribution >= 4 is 17.9 Å². The molecule has 0 heterocycles. The summed E-state index contributed by atoms with van der Waals surface area (Å²) in [6.45, 7) is 1.32. The van der Waals surface area contributed by atoms with Gasteiger partial charge in [0.15, 0.2) is 0 Å². The van der Waals surface area contributed by atoms with E-state index in [0.29, 0.717) is 6.42 Å². The molecule has 176 valence electrons. The van der Waals surface area contributed by atoms with Crippen LogP contribution in [0.15, 0.2) is 0 Å². The van der Waals surface area contributed by atoms with Crippen LogP contribution in [-0.2, 0) is 23.9 Å². The standard InChI is InChI=1S/C22H41NO7/c1-2-3-4-5-6-7-8-9-10-11-12-13-20(26)30-21(27)15-14-19(23)22(28)29-17-18(25)16-24/h18-19,24-25H,2-17,23H2,1H3/t18?,19-/m0/s1. The molecule has 0 saturated heterocycles. The van der Waals surface area contributed by atoms with Crippen molar-refractivity contribution < 1.29 is 34.1 Å². The van der Waals surface area contributed by atoms with E-state index in [-0.39, 0.29) is 25.9 Å². The van der Waals surface area contributed by atoms with Crippen molar-refractivity contribution in [2.75, 3.05) is 13.2 Å². The van der Waals surface area contributed by atoms with Crippen LogP contribution in [0.5, 0.6) is 0 Å². The number of rotatable bonds is 19. The van der Waals surface area contributed by atoms with Gasteiger partial charge in [0.1, 0.15) is 18.8 Å². The molecule has 0 radical (unpaired) electrons. The van der Waals surface area contributed by atoms with Crippen LogP contribution in [0.2, 0.25) is 0 Å². The zero-order valence-electron chi connectivity index (χ0n) is 18.5. The third-order valence-corrected chi connectivity index (χ3v) is 4.80. The van der Waals surface area contributed by atoms with Crippen molar-refractivity contribution in [3.8, 4) is 0 Å². The Kier molecular flexibility index (Phi) is 18.5. The molecule has 0 saturated carbocycles. The molecule has 1 unspecified atom stereocenters. The molecule has 2 atom stereocenters. The van der Waals surface area contributed by atoms with Gasteiger partial charge in [0.2, 0.25) is 0 Å². The zero-order valence-corrected chi connectivity index (χ0v) is 18.5. The maximum Gasteiger partial charge on any atom is 0.323 e. The predicted octanol–water partition coefficient (Wildman–Crippen LogP) is 2.76. The summed E-state index contributed by atoms with van der Waals surface area (Å²) in [5.41, 5.74) is 5.59. The highest BCUT2D eigenvalue weighted by atomic mass is 16.6. The number of hydrogen-bond donors (Lipinski definition) is 3. The Hall–Kier alpha value is -1.51. The molecule has 30 heavy (non-hydrogen) atoms. The summed E-state index contributed by atoms with van der Waals surface area (Å²) in [6.07, 6.45) is 11.8. The molecule has 0 aromatic rings. The fraction of sp³-hybridized carbons (Fsp3) is 0.864. The first-order valence-electron chi connectivity index (χ1n) is 11.3. The number of aliphatic hydroxyl groups excluding tert-OH is 2. The Morgan fingerprint density at radius 2 is 1.33 bits per heavy atom. The van der Waals surface area contributed by atoms with Gasteiger partial charge in [0.25, 0.3) is 0 Å². The van der Waals surface area contributed by atoms with Crippen LogP contribution in [0.25, 0.3) is 0 Å². The summed E-state index contributed by atoms with van der Waals surface area (Å²) in [5, 5.41) is 17.7. The van der Waals surface area contributed by atoms with E-state index in [1.807, 2.05) is 0 Å². The van der Waals surface area contributed by atoms with Crippen molar-refractivity contribution in [1.82, 2.24) is 0 Å². The van der Waals surface area contributed by atoms with E-state index >= 15 is 0 Å². The topological polar surface area (TPSA) is 136 Å². The van der Waals surface area contributed by atoms with E-state index in [2.05, 4.69) is 6.92 Å². The van der Waals surface area contributed by atoms with Crippen molar-refractivity contribution in [2.45, 2.75) is 109 Å². The Morgan fingerprint density at radius 1 is 0.833 bits per heavy atom. The Morgan fingerprint density at radius 3 is 1.87 bits per heavy atom. The maximum absolute atomic E-state index is 11.7. The molecule has 4 N–H and O–H groups in total. The molecule has 0 aliphatic rings. The van der Waals surface area contributed by atoms with Crippen LogP contribution in [-0.4, -0.2) is 53.5 Å². The highest BCUT2D eigenvalue weighted by Gasteiger charge is 2.19. The molecule has 0 amide bonds. The SMILES string of the molecule is CCCCCCCCCCCCCC(=O)OC(=O)CC[C@H](N)C(=O)OCC(O)CO. The van der Waals surface area contributed by atoms with Gasteiger partial charge < -0.3 is 25.4 Å². The number of esters is 3. The highest BCUT2D eigenvalue weighted by Crippen LogP contribution is 2.12. The molecule has 0 aromatic heterocycles. The van der Waals surface area contributed by atoms with Crippen molar-refractivity contribution in [3.63, 3.8) is 0 Å². The van der Waals surface area contributed by atoms with Crippen molar-refractivity contribution in [2.24, 2.45) is 5.73 Å². The van der Waals surface area contributed by atoms with Crippen LogP contribution in [0.4, 0.5) is 0 Å². The highest BCUT2D eigenvalue weighted by molar-refractivity contribution is 5.85. The largest absolute Gasteiger partial charge is 0.462 e. The third-order valence-electron chi connectivity index (χ3n) is 4.80. The first-order valence-corrected chi connectivity index (χ1v) is 11.3. The van der Waals surface area contributed by atoms with Crippen LogP contribution < -0.4 is 5.73 Å². The van der Waals surface area contributed by atoms with Crippen LogP contribution in [0.1, 0.15) is 96.8 Å². The molecular weight excluding hydrogens is 390 g/mol. The second-order valence-electron chi connectivity index (χ2n) is 7.74. The predicted molar refractivity (Wildman–Crippen MR) is 113 cm³/mol. The fourth-order valence-electron chi connectivity index (χ4n) is 2.89. The van der Waals surface area contributed by atoms with Gasteiger partial charge in [0, 0.05) is 12.8 Å². The summed E-state index contributed by atoms with van der Waals surface area (Å²) < 4.78 is 9.43. The lowest BCUT2D eigenvalue weighted by Gasteiger charge is -2.12. The maximum atomic E-state index is 11.7. The number of carbonyl (C=O) groups is 3. The lowest BCUT2D eigenvalue weighted by Crippen LogP contribution is -2.35. The molecule has 0 spiro atoms. The van der Waals surface area contributed by atoms with Gasteiger partial charge in [0.05, 0.1) is 6.61 Å². The number of hydrogen-bond acceptors (Lipinski definition) is 8. The van der Waals surface area contributed by atoms with Gasteiger partial charge in [-0.3, -0.25) is 14.4 Å². The molecule has 0 aromatic carbocycles. The summed E-state index contributed by atoms with van der Waals surface area (Å²) in [6, 6.07) is -1.06. The fourth-order valence-corrected chi connectivity index (χ4v) is 2.89. The van der Waals surface area contributed by atoms with E-state index in [1.54, 1.807) is 0 Å². The number of nitrogens with two attached hydrogens (primary N) is 1. The normalized spacial score (nSPS) is 12.9. The summed E-state index contributed by atoms with van der Waals surface area (Å²) in [4.78, 5) is 34.9. The van der Waals surface area contributed by atoms with Gasteiger partial charge in [-0.25, -0.2) is 0 Å². The van der Waals surface area contributed by atoms with Gasteiger partial charge >= 0.3 is 17.9 Å². The number of aliphatic hydroxyl groups is 2. The number of unbranched alkanes of at least 4 members (excludes halogenated alkanes) is 10. The average Bonchev–Trinajstić information content (AvgIpc) is 2.73. The third kappa shape index (κ3) is 17.4.